The number of carboxylic acid groups (broad SMARTS) is 1. The Labute approximate surface area is 134 Å². The van der Waals surface area contributed by atoms with Crippen LogP contribution in [0.1, 0.15) is 17.5 Å². The van der Waals surface area contributed by atoms with Crippen molar-refractivity contribution >= 4 is 12.2 Å². The van der Waals surface area contributed by atoms with Gasteiger partial charge in [0.15, 0.2) is 6.61 Å². The predicted molar refractivity (Wildman–Crippen MR) is 85.4 cm³/mol. The van der Waals surface area contributed by atoms with E-state index in [1.54, 1.807) is 18.5 Å². The lowest BCUT2D eigenvalue weighted by molar-refractivity contribution is -0.139. The molecule has 0 fully saturated rings. The maximum Gasteiger partial charge on any atom is 0.341 e. The fraction of sp³-hybridized carbons (Fsp3) is 0.235. The van der Waals surface area contributed by atoms with Crippen molar-refractivity contribution in [2.75, 3.05) is 6.61 Å². The zero-order valence-corrected chi connectivity index (χ0v) is 12.6. The summed E-state index contributed by atoms with van der Waals surface area (Å²) in [5, 5.41) is 12.4. The highest BCUT2D eigenvalue weighted by Gasteiger charge is 2.00. The molecule has 2 aromatic rings. The molecular weight excluding hydrogens is 296 g/mol. The minimum absolute atomic E-state index is 0.302. The van der Waals surface area contributed by atoms with Crippen LogP contribution in [0.2, 0.25) is 0 Å². The van der Waals surface area contributed by atoms with Gasteiger partial charge >= 0.3 is 5.97 Å². The number of nitrogens with zero attached hydrogens (tertiary/aromatic N) is 2. The van der Waals surface area contributed by atoms with E-state index >= 15 is 0 Å². The SMILES string of the molecule is O=C(O)COc1ccc(CCC=NOCc2ccccc2)cn1. The summed E-state index contributed by atoms with van der Waals surface area (Å²) in [5.41, 5.74) is 2.09. The molecule has 0 saturated heterocycles. The lowest BCUT2D eigenvalue weighted by Gasteiger charge is -2.03. The van der Waals surface area contributed by atoms with Gasteiger partial charge in [-0.3, -0.25) is 0 Å². The first-order valence-electron chi connectivity index (χ1n) is 7.21. The second-order valence-electron chi connectivity index (χ2n) is 4.77. The lowest BCUT2D eigenvalue weighted by atomic mass is 10.2. The summed E-state index contributed by atoms with van der Waals surface area (Å²) in [4.78, 5) is 19.6. The summed E-state index contributed by atoms with van der Waals surface area (Å²) in [6.07, 6.45) is 4.88. The number of carbonyl (C=O) groups is 1. The number of hydrogen-bond acceptors (Lipinski definition) is 5. The van der Waals surface area contributed by atoms with Gasteiger partial charge in [-0.05, 0) is 24.0 Å². The van der Waals surface area contributed by atoms with Crippen molar-refractivity contribution in [3.63, 3.8) is 0 Å². The highest BCUT2D eigenvalue weighted by molar-refractivity contribution is 5.68. The van der Waals surface area contributed by atoms with Gasteiger partial charge in [-0.25, -0.2) is 9.78 Å². The standard InChI is InChI=1S/C17H18N2O4/c20-17(21)13-22-16-9-8-14(11-18-16)7-4-10-19-23-12-15-5-2-1-3-6-15/h1-3,5-6,8-11H,4,7,12-13H2,(H,20,21). The molecule has 0 saturated carbocycles. The van der Waals surface area contributed by atoms with Crippen molar-refractivity contribution < 1.29 is 19.5 Å². The van der Waals surface area contributed by atoms with Crippen LogP contribution in [0.5, 0.6) is 5.88 Å². The van der Waals surface area contributed by atoms with Gasteiger partial charge in [0.05, 0.1) is 0 Å². The van der Waals surface area contributed by atoms with Crippen LogP contribution in [0.25, 0.3) is 0 Å². The molecule has 0 unspecified atom stereocenters. The third-order valence-electron chi connectivity index (χ3n) is 2.93. The summed E-state index contributed by atoms with van der Waals surface area (Å²) in [6.45, 7) is 0.0618. The topological polar surface area (TPSA) is 81.0 Å². The molecule has 23 heavy (non-hydrogen) atoms. The Kier molecular flexibility index (Phi) is 6.59. The van der Waals surface area contributed by atoms with E-state index in [0.29, 0.717) is 12.5 Å². The summed E-state index contributed by atoms with van der Waals surface area (Å²) < 4.78 is 4.97. The van der Waals surface area contributed by atoms with E-state index < -0.39 is 12.6 Å². The summed E-state index contributed by atoms with van der Waals surface area (Å²) in [5.74, 6) is -0.724. The number of benzene rings is 1. The van der Waals surface area contributed by atoms with Crippen LogP contribution < -0.4 is 4.74 Å². The van der Waals surface area contributed by atoms with Gasteiger partial charge < -0.3 is 14.7 Å². The van der Waals surface area contributed by atoms with Crippen LogP contribution in [0.3, 0.4) is 0 Å². The molecule has 0 amide bonds. The third kappa shape index (κ3) is 6.60. The molecule has 2 rings (SSSR count). The smallest absolute Gasteiger partial charge is 0.341 e. The highest BCUT2D eigenvalue weighted by atomic mass is 16.6. The van der Waals surface area contributed by atoms with E-state index in [1.807, 2.05) is 36.4 Å². The predicted octanol–water partition coefficient (Wildman–Crippen LogP) is 2.68. The summed E-state index contributed by atoms with van der Waals surface area (Å²) in [6, 6.07) is 13.3. The Balaban J connectivity index is 1.65. The molecule has 0 radical (unpaired) electrons. The van der Waals surface area contributed by atoms with Crippen LogP contribution in [-0.4, -0.2) is 28.9 Å². The van der Waals surface area contributed by atoms with Crippen LogP contribution in [0, 0.1) is 0 Å². The zero-order valence-electron chi connectivity index (χ0n) is 12.6. The maximum atomic E-state index is 10.4. The minimum atomic E-state index is -1.03. The van der Waals surface area contributed by atoms with Crippen LogP contribution in [0.15, 0.2) is 53.8 Å². The molecule has 120 valence electrons. The van der Waals surface area contributed by atoms with E-state index in [1.165, 1.54) is 0 Å². The van der Waals surface area contributed by atoms with Crippen LogP contribution in [-0.2, 0) is 22.7 Å². The number of hydrogen-bond donors (Lipinski definition) is 1. The Bertz CT molecular complexity index is 627. The number of aromatic nitrogens is 1. The molecule has 1 aromatic heterocycles. The minimum Gasteiger partial charge on any atom is -0.479 e. The Hall–Kier alpha value is -2.89. The monoisotopic (exact) mass is 314 g/mol. The van der Waals surface area contributed by atoms with Gasteiger partial charge in [-0.15, -0.1) is 0 Å². The lowest BCUT2D eigenvalue weighted by Crippen LogP contribution is -2.10. The number of carboxylic acids is 1. The molecule has 1 heterocycles. The molecule has 1 aromatic carbocycles. The second-order valence-corrected chi connectivity index (χ2v) is 4.77. The summed E-state index contributed by atoms with van der Waals surface area (Å²) in [7, 11) is 0. The molecule has 0 aliphatic rings. The average molecular weight is 314 g/mol. The third-order valence-corrected chi connectivity index (χ3v) is 2.93. The quantitative estimate of drug-likeness (QED) is 0.568. The van der Waals surface area contributed by atoms with E-state index in [-0.39, 0.29) is 0 Å². The average Bonchev–Trinajstić information content (AvgIpc) is 2.58. The zero-order chi connectivity index (χ0) is 16.3. The molecule has 0 aliphatic heterocycles. The van der Waals surface area contributed by atoms with E-state index in [0.717, 1.165) is 24.0 Å². The molecule has 0 spiro atoms. The Morgan fingerprint density at radius 1 is 1.17 bits per heavy atom. The fourth-order valence-corrected chi connectivity index (χ4v) is 1.80. The first-order chi connectivity index (χ1) is 11.2. The van der Waals surface area contributed by atoms with Crippen molar-refractivity contribution in [1.29, 1.82) is 0 Å². The molecule has 6 nitrogen and oxygen atoms in total. The number of ether oxygens (including phenoxy) is 1. The van der Waals surface area contributed by atoms with Crippen molar-refractivity contribution in [1.82, 2.24) is 4.98 Å². The Morgan fingerprint density at radius 2 is 2.00 bits per heavy atom. The fourth-order valence-electron chi connectivity index (χ4n) is 1.80. The first kappa shape index (κ1) is 16.5. The normalized spacial score (nSPS) is 10.6. The largest absolute Gasteiger partial charge is 0.479 e. The second kappa shape index (κ2) is 9.19. The van der Waals surface area contributed by atoms with Gasteiger partial charge in [-0.2, -0.15) is 0 Å². The number of aliphatic carboxylic acids is 1. The molecule has 0 aliphatic carbocycles. The van der Waals surface area contributed by atoms with Crippen molar-refractivity contribution in [2.24, 2.45) is 5.16 Å². The molecule has 0 bridgehead atoms. The van der Waals surface area contributed by atoms with Crippen molar-refractivity contribution in [2.45, 2.75) is 19.4 Å². The number of aryl methyl sites for hydroxylation is 1. The number of rotatable bonds is 9. The van der Waals surface area contributed by atoms with Gasteiger partial charge in [0.1, 0.15) is 6.61 Å². The van der Waals surface area contributed by atoms with Gasteiger partial charge in [0.2, 0.25) is 5.88 Å². The van der Waals surface area contributed by atoms with Crippen LogP contribution in [0.4, 0.5) is 0 Å². The van der Waals surface area contributed by atoms with Crippen molar-refractivity contribution in [3.8, 4) is 5.88 Å². The molecular formula is C17H18N2O4. The number of oxime groups is 1. The highest BCUT2D eigenvalue weighted by Crippen LogP contribution is 2.09. The first-order valence-corrected chi connectivity index (χ1v) is 7.21. The van der Waals surface area contributed by atoms with Gasteiger partial charge in [-0.1, -0.05) is 41.6 Å². The van der Waals surface area contributed by atoms with Gasteiger partial charge in [0, 0.05) is 18.5 Å². The van der Waals surface area contributed by atoms with E-state index in [9.17, 15) is 4.79 Å². The van der Waals surface area contributed by atoms with E-state index in [2.05, 4.69) is 10.1 Å². The van der Waals surface area contributed by atoms with Crippen molar-refractivity contribution in [3.05, 3.63) is 59.8 Å². The van der Waals surface area contributed by atoms with Gasteiger partial charge in [0.25, 0.3) is 0 Å². The van der Waals surface area contributed by atoms with Crippen LogP contribution >= 0.6 is 0 Å². The molecule has 1 N–H and O–H groups in total. The summed E-state index contributed by atoms with van der Waals surface area (Å²) >= 11 is 0. The molecule has 0 atom stereocenters. The van der Waals surface area contributed by atoms with E-state index in [4.69, 9.17) is 14.7 Å². The molecule has 6 heteroatoms. The Morgan fingerprint density at radius 3 is 2.70 bits per heavy atom. The number of pyridine rings is 1. The maximum absolute atomic E-state index is 10.4.